The summed E-state index contributed by atoms with van der Waals surface area (Å²) in [4.78, 5) is 11.7. The lowest BCUT2D eigenvalue weighted by Gasteiger charge is -2.15. The van der Waals surface area contributed by atoms with Gasteiger partial charge in [-0.05, 0) is 18.1 Å². The molecule has 7 nitrogen and oxygen atoms in total. The van der Waals surface area contributed by atoms with E-state index in [-0.39, 0.29) is 12.5 Å². The number of hydrogen-bond donors (Lipinski definition) is 2. The summed E-state index contributed by atoms with van der Waals surface area (Å²) in [6, 6.07) is 6.08. The number of nitrogens with zero attached hydrogens (tertiary/aromatic N) is 3. The second-order valence-electron chi connectivity index (χ2n) is 6.71. The van der Waals surface area contributed by atoms with Crippen molar-refractivity contribution < 1.29 is 9.53 Å². The zero-order valence-corrected chi connectivity index (χ0v) is 15.8. The van der Waals surface area contributed by atoms with Crippen LogP contribution < -0.4 is 15.4 Å². The number of carbonyl (C=O) groups is 1. The molecule has 140 valence electrons. The Morgan fingerprint density at radius 2 is 2.30 bits per heavy atom. The standard InChI is InChI=1S/C20H23N5O2/c1-12(2)16-5-7-25(24-16)18-9-17(23-11-13(3)20(26)22-4)15(10-21)14-6-8-27-19(14)18/h5,7,9,12,23H,3,6,8,11H2,1-2,4H3,(H,22,26). The van der Waals surface area contributed by atoms with Gasteiger partial charge in [0.2, 0.25) is 5.91 Å². The maximum Gasteiger partial charge on any atom is 0.248 e. The Bertz CT molecular complexity index is 937. The second-order valence-corrected chi connectivity index (χ2v) is 6.71. The molecule has 0 saturated carbocycles. The van der Waals surface area contributed by atoms with E-state index >= 15 is 0 Å². The minimum atomic E-state index is -0.237. The molecule has 0 unspecified atom stereocenters. The molecule has 27 heavy (non-hydrogen) atoms. The molecule has 0 spiro atoms. The van der Waals surface area contributed by atoms with E-state index in [0.717, 1.165) is 16.9 Å². The highest BCUT2D eigenvalue weighted by Gasteiger charge is 2.25. The van der Waals surface area contributed by atoms with E-state index in [1.165, 1.54) is 0 Å². The number of ether oxygens (including phenoxy) is 1. The summed E-state index contributed by atoms with van der Waals surface area (Å²) in [5.74, 6) is 0.770. The quantitative estimate of drug-likeness (QED) is 0.768. The smallest absolute Gasteiger partial charge is 0.248 e. The molecule has 0 radical (unpaired) electrons. The van der Waals surface area contributed by atoms with Crippen LogP contribution in [0.25, 0.3) is 5.69 Å². The normalized spacial score (nSPS) is 12.3. The third kappa shape index (κ3) is 3.51. The lowest BCUT2D eigenvalue weighted by molar-refractivity contribution is -0.116. The van der Waals surface area contributed by atoms with Gasteiger partial charge in [-0.25, -0.2) is 4.68 Å². The fourth-order valence-electron chi connectivity index (χ4n) is 3.04. The fourth-order valence-corrected chi connectivity index (χ4v) is 3.04. The van der Waals surface area contributed by atoms with Crippen molar-refractivity contribution in [2.75, 3.05) is 25.5 Å². The third-order valence-corrected chi connectivity index (χ3v) is 4.56. The summed E-state index contributed by atoms with van der Waals surface area (Å²) in [7, 11) is 1.56. The van der Waals surface area contributed by atoms with E-state index in [1.807, 2.05) is 18.3 Å². The Kier molecular flexibility index (Phi) is 5.17. The van der Waals surface area contributed by atoms with Gasteiger partial charge in [0.05, 0.1) is 23.6 Å². The number of aromatic nitrogens is 2. The molecule has 1 aliphatic rings. The number of nitrogens with one attached hydrogen (secondary N) is 2. The predicted octanol–water partition coefficient (Wildman–Crippen LogP) is 2.52. The number of rotatable bonds is 6. The number of carbonyl (C=O) groups excluding carboxylic acids is 1. The summed E-state index contributed by atoms with van der Waals surface area (Å²) < 4.78 is 7.59. The van der Waals surface area contributed by atoms with Crippen molar-refractivity contribution in [3.8, 4) is 17.5 Å². The monoisotopic (exact) mass is 365 g/mol. The van der Waals surface area contributed by atoms with Crippen molar-refractivity contribution in [3.05, 3.63) is 47.3 Å². The second kappa shape index (κ2) is 7.54. The molecule has 2 heterocycles. The van der Waals surface area contributed by atoms with E-state index in [9.17, 15) is 10.1 Å². The number of fused-ring (bicyclic) bond motifs is 1. The van der Waals surface area contributed by atoms with Gasteiger partial charge in [-0.15, -0.1) is 0 Å². The van der Waals surface area contributed by atoms with Crippen molar-refractivity contribution in [1.29, 1.82) is 5.26 Å². The van der Waals surface area contributed by atoms with Crippen LogP contribution in [0.2, 0.25) is 0 Å². The molecule has 1 aromatic heterocycles. The molecule has 1 aromatic carbocycles. The molecule has 3 rings (SSSR count). The number of amides is 1. The maximum absolute atomic E-state index is 11.7. The Labute approximate surface area is 158 Å². The van der Waals surface area contributed by atoms with Crippen LogP contribution in [0.4, 0.5) is 5.69 Å². The van der Waals surface area contributed by atoms with Crippen LogP contribution in [0, 0.1) is 11.3 Å². The first-order valence-corrected chi connectivity index (χ1v) is 8.88. The van der Waals surface area contributed by atoms with E-state index in [0.29, 0.717) is 41.5 Å². The molecule has 0 aliphatic carbocycles. The molecule has 1 amide bonds. The molecule has 2 aromatic rings. The summed E-state index contributed by atoms with van der Waals surface area (Å²) in [5, 5.41) is 20.0. The largest absolute Gasteiger partial charge is 0.491 e. The van der Waals surface area contributed by atoms with Crippen molar-refractivity contribution in [1.82, 2.24) is 15.1 Å². The number of anilines is 1. The van der Waals surface area contributed by atoms with Gasteiger partial charge < -0.3 is 15.4 Å². The van der Waals surface area contributed by atoms with Gasteiger partial charge in [-0.2, -0.15) is 10.4 Å². The van der Waals surface area contributed by atoms with Gasteiger partial charge in [0.25, 0.3) is 0 Å². The Morgan fingerprint density at radius 3 is 2.93 bits per heavy atom. The molecular formula is C20H23N5O2. The van der Waals surface area contributed by atoms with Crippen LogP contribution in [0.1, 0.15) is 36.6 Å². The zero-order valence-electron chi connectivity index (χ0n) is 15.8. The molecule has 0 saturated heterocycles. The van der Waals surface area contributed by atoms with Gasteiger partial charge in [-0.1, -0.05) is 20.4 Å². The van der Waals surface area contributed by atoms with Crippen LogP contribution in [-0.4, -0.2) is 35.9 Å². The van der Waals surface area contributed by atoms with E-state index in [4.69, 9.17) is 4.74 Å². The SMILES string of the molecule is C=C(CNc1cc(-n2ccc(C(C)C)n2)c2c(c1C#N)CCO2)C(=O)NC. The van der Waals surface area contributed by atoms with Gasteiger partial charge in [0.15, 0.2) is 0 Å². The highest BCUT2D eigenvalue weighted by molar-refractivity contribution is 5.93. The Morgan fingerprint density at radius 1 is 1.52 bits per heavy atom. The van der Waals surface area contributed by atoms with Crippen LogP contribution in [0.15, 0.2) is 30.5 Å². The molecule has 0 atom stereocenters. The highest BCUT2D eigenvalue weighted by atomic mass is 16.5. The summed E-state index contributed by atoms with van der Waals surface area (Å²) in [6.07, 6.45) is 2.56. The van der Waals surface area contributed by atoms with Crippen molar-refractivity contribution in [2.45, 2.75) is 26.2 Å². The zero-order chi connectivity index (χ0) is 19.6. The van der Waals surface area contributed by atoms with Crippen LogP contribution in [-0.2, 0) is 11.2 Å². The predicted molar refractivity (Wildman–Crippen MR) is 103 cm³/mol. The average molecular weight is 365 g/mol. The van der Waals surface area contributed by atoms with Gasteiger partial charge in [0.1, 0.15) is 17.5 Å². The van der Waals surface area contributed by atoms with E-state index in [1.54, 1.807) is 11.7 Å². The minimum Gasteiger partial charge on any atom is -0.491 e. The number of nitriles is 1. The van der Waals surface area contributed by atoms with Gasteiger partial charge >= 0.3 is 0 Å². The van der Waals surface area contributed by atoms with E-state index in [2.05, 4.69) is 42.2 Å². The molecular weight excluding hydrogens is 342 g/mol. The summed E-state index contributed by atoms with van der Waals surface area (Å²) >= 11 is 0. The Balaban J connectivity index is 2.02. The minimum absolute atomic E-state index is 0.237. The Hall–Kier alpha value is -3.27. The summed E-state index contributed by atoms with van der Waals surface area (Å²) in [6.45, 7) is 8.72. The molecule has 1 aliphatic heterocycles. The molecule has 0 fully saturated rings. The van der Waals surface area contributed by atoms with Gasteiger partial charge in [-0.3, -0.25) is 4.79 Å². The van der Waals surface area contributed by atoms with Gasteiger partial charge in [0, 0.05) is 37.3 Å². The molecule has 0 bridgehead atoms. The lowest BCUT2D eigenvalue weighted by atomic mass is 10.0. The van der Waals surface area contributed by atoms with Crippen molar-refractivity contribution in [2.24, 2.45) is 0 Å². The van der Waals surface area contributed by atoms with E-state index < -0.39 is 0 Å². The number of likely N-dealkylation sites (N-methyl/N-ethyl adjacent to an activating group) is 1. The van der Waals surface area contributed by atoms with Crippen LogP contribution in [0.5, 0.6) is 5.75 Å². The number of hydrogen-bond acceptors (Lipinski definition) is 5. The highest BCUT2D eigenvalue weighted by Crippen LogP contribution is 2.39. The van der Waals surface area contributed by atoms with Crippen LogP contribution >= 0.6 is 0 Å². The first-order valence-electron chi connectivity index (χ1n) is 8.88. The maximum atomic E-state index is 11.7. The molecule has 2 N–H and O–H groups in total. The molecule has 7 heteroatoms. The fraction of sp³-hybridized carbons (Fsp3) is 0.350. The van der Waals surface area contributed by atoms with Crippen molar-refractivity contribution >= 4 is 11.6 Å². The topological polar surface area (TPSA) is 92.0 Å². The third-order valence-electron chi connectivity index (χ3n) is 4.56. The lowest BCUT2D eigenvalue weighted by Crippen LogP contribution is -2.23. The first-order chi connectivity index (χ1) is 13.0. The number of benzene rings is 1. The average Bonchev–Trinajstić information content (AvgIpc) is 3.34. The van der Waals surface area contributed by atoms with Crippen molar-refractivity contribution in [3.63, 3.8) is 0 Å². The summed E-state index contributed by atoms with van der Waals surface area (Å²) in [5.41, 5.74) is 4.19. The first kappa shape index (κ1) is 18.5. The van der Waals surface area contributed by atoms with Crippen LogP contribution in [0.3, 0.4) is 0 Å².